The molecule has 27 heavy (non-hydrogen) atoms. The monoisotopic (exact) mass is 482 g/mol. The summed E-state index contributed by atoms with van der Waals surface area (Å²) in [5.74, 6) is 3.00. The molecular weight excluding hydrogens is 455 g/mol. The van der Waals surface area contributed by atoms with Crippen molar-refractivity contribution >= 4 is 29.9 Å². The van der Waals surface area contributed by atoms with Crippen molar-refractivity contribution in [3.8, 4) is 11.6 Å². The molecule has 6 nitrogen and oxygen atoms in total. The summed E-state index contributed by atoms with van der Waals surface area (Å²) < 4.78 is 11.1. The Bertz CT molecular complexity index is 750. The third-order valence-electron chi connectivity index (χ3n) is 4.29. The summed E-state index contributed by atoms with van der Waals surface area (Å²) in [5, 5.41) is 6.62. The molecule has 1 aliphatic rings. The molecule has 0 spiro atoms. The van der Waals surface area contributed by atoms with Crippen molar-refractivity contribution < 1.29 is 9.47 Å². The number of rotatable bonds is 8. The molecule has 1 aromatic carbocycles. The van der Waals surface area contributed by atoms with Crippen molar-refractivity contribution in [3.63, 3.8) is 0 Å². The summed E-state index contributed by atoms with van der Waals surface area (Å²) in [6, 6.07) is 11.9. The lowest BCUT2D eigenvalue weighted by Gasteiger charge is -2.14. The molecule has 0 bridgehead atoms. The van der Waals surface area contributed by atoms with Crippen LogP contribution in [-0.4, -0.2) is 31.7 Å². The predicted molar refractivity (Wildman–Crippen MR) is 118 cm³/mol. The second-order valence-corrected chi connectivity index (χ2v) is 6.35. The second kappa shape index (κ2) is 11.0. The smallest absolute Gasteiger partial charge is 0.213 e. The number of para-hydroxylation sites is 1. The number of pyridine rings is 1. The Kier molecular flexibility index (Phi) is 8.63. The molecule has 1 aliphatic carbocycles. The van der Waals surface area contributed by atoms with E-state index < -0.39 is 0 Å². The van der Waals surface area contributed by atoms with Gasteiger partial charge in [0.1, 0.15) is 5.75 Å². The van der Waals surface area contributed by atoms with Crippen molar-refractivity contribution in [1.29, 1.82) is 0 Å². The molecule has 2 aromatic rings. The van der Waals surface area contributed by atoms with Crippen LogP contribution in [0.5, 0.6) is 11.6 Å². The maximum atomic E-state index is 5.74. The summed E-state index contributed by atoms with van der Waals surface area (Å²) >= 11 is 0. The first-order valence-corrected chi connectivity index (χ1v) is 8.92. The van der Waals surface area contributed by atoms with Gasteiger partial charge in [-0.1, -0.05) is 18.2 Å². The molecule has 3 rings (SSSR count). The van der Waals surface area contributed by atoms with E-state index in [0.717, 1.165) is 35.4 Å². The average Bonchev–Trinajstić information content (AvgIpc) is 3.51. The van der Waals surface area contributed by atoms with Gasteiger partial charge in [0, 0.05) is 38.0 Å². The van der Waals surface area contributed by atoms with Gasteiger partial charge in [0.05, 0.1) is 13.7 Å². The molecule has 0 unspecified atom stereocenters. The number of aromatic nitrogens is 1. The molecule has 1 heterocycles. The molecule has 7 heteroatoms. The number of benzene rings is 1. The highest BCUT2D eigenvalue weighted by atomic mass is 127. The maximum Gasteiger partial charge on any atom is 0.213 e. The lowest BCUT2D eigenvalue weighted by atomic mass is 10.2. The van der Waals surface area contributed by atoms with E-state index in [1.165, 1.54) is 12.8 Å². The van der Waals surface area contributed by atoms with Crippen molar-refractivity contribution in [3.05, 3.63) is 53.7 Å². The van der Waals surface area contributed by atoms with Gasteiger partial charge in [0.15, 0.2) is 5.96 Å². The van der Waals surface area contributed by atoms with Gasteiger partial charge >= 0.3 is 0 Å². The number of methoxy groups -OCH3 is 1. The fourth-order valence-corrected chi connectivity index (χ4v) is 2.56. The van der Waals surface area contributed by atoms with E-state index in [4.69, 9.17) is 9.47 Å². The minimum absolute atomic E-state index is 0. The van der Waals surface area contributed by atoms with Crippen LogP contribution in [0.15, 0.2) is 47.6 Å². The van der Waals surface area contributed by atoms with Crippen molar-refractivity contribution in [2.45, 2.75) is 25.9 Å². The van der Waals surface area contributed by atoms with Crippen LogP contribution in [0.4, 0.5) is 0 Å². The standard InChI is InChI=1S/C20H26N4O2.HI/c1-21-20(24-13-17-5-3-4-6-18(17)25-2)23-12-16-9-10-22-19(11-16)26-14-15-7-8-15;/h3-6,9-11,15H,7-8,12-14H2,1-2H3,(H2,21,23,24);1H. The van der Waals surface area contributed by atoms with Crippen LogP contribution in [0.25, 0.3) is 0 Å². The van der Waals surface area contributed by atoms with Crippen LogP contribution >= 0.6 is 24.0 Å². The van der Waals surface area contributed by atoms with Gasteiger partial charge in [-0.05, 0) is 36.5 Å². The van der Waals surface area contributed by atoms with Crippen LogP contribution in [0.1, 0.15) is 24.0 Å². The van der Waals surface area contributed by atoms with Crippen LogP contribution in [-0.2, 0) is 13.1 Å². The third-order valence-corrected chi connectivity index (χ3v) is 4.29. The van der Waals surface area contributed by atoms with E-state index >= 15 is 0 Å². The van der Waals surface area contributed by atoms with Gasteiger partial charge in [-0.3, -0.25) is 4.99 Å². The van der Waals surface area contributed by atoms with Gasteiger partial charge in [-0.2, -0.15) is 0 Å². The van der Waals surface area contributed by atoms with Crippen LogP contribution in [0.2, 0.25) is 0 Å². The fourth-order valence-electron chi connectivity index (χ4n) is 2.56. The van der Waals surface area contributed by atoms with Crippen LogP contribution < -0.4 is 20.1 Å². The number of hydrogen-bond acceptors (Lipinski definition) is 4. The first-order chi connectivity index (χ1) is 12.8. The highest BCUT2D eigenvalue weighted by Crippen LogP contribution is 2.29. The number of halogens is 1. The molecule has 0 radical (unpaired) electrons. The van der Waals surface area contributed by atoms with Crippen LogP contribution in [0, 0.1) is 5.92 Å². The van der Waals surface area contributed by atoms with E-state index in [1.807, 2.05) is 36.4 Å². The second-order valence-electron chi connectivity index (χ2n) is 6.35. The zero-order chi connectivity index (χ0) is 18.2. The largest absolute Gasteiger partial charge is 0.496 e. The van der Waals surface area contributed by atoms with Crippen LogP contribution in [0.3, 0.4) is 0 Å². The summed E-state index contributed by atoms with van der Waals surface area (Å²) in [7, 11) is 3.44. The number of ether oxygens (including phenoxy) is 2. The number of hydrogen-bond donors (Lipinski definition) is 2. The fraction of sp³-hybridized carbons (Fsp3) is 0.400. The van der Waals surface area contributed by atoms with Gasteiger partial charge < -0.3 is 20.1 Å². The highest BCUT2D eigenvalue weighted by molar-refractivity contribution is 14.0. The molecule has 0 amide bonds. The third kappa shape index (κ3) is 6.89. The number of guanidine groups is 1. The molecule has 146 valence electrons. The molecule has 0 atom stereocenters. The predicted octanol–water partition coefficient (Wildman–Crippen LogP) is 3.36. The Labute approximate surface area is 177 Å². The maximum absolute atomic E-state index is 5.74. The van der Waals surface area contributed by atoms with Gasteiger partial charge in [0.2, 0.25) is 5.88 Å². The number of nitrogens with one attached hydrogen (secondary N) is 2. The minimum Gasteiger partial charge on any atom is -0.496 e. The van der Waals surface area contributed by atoms with E-state index in [2.05, 4.69) is 20.6 Å². The van der Waals surface area contributed by atoms with E-state index in [0.29, 0.717) is 19.0 Å². The molecule has 1 aromatic heterocycles. The quantitative estimate of drug-likeness (QED) is 0.343. The first kappa shape index (κ1) is 21.3. The first-order valence-electron chi connectivity index (χ1n) is 8.92. The topological polar surface area (TPSA) is 67.8 Å². The molecule has 2 N–H and O–H groups in total. The number of aliphatic imine (C=N–C) groups is 1. The van der Waals surface area contributed by atoms with Crippen molar-refractivity contribution in [1.82, 2.24) is 15.6 Å². The van der Waals surface area contributed by atoms with E-state index in [9.17, 15) is 0 Å². The van der Waals surface area contributed by atoms with Gasteiger partial charge in [-0.15, -0.1) is 24.0 Å². The Hall–Kier alpha value is -2.03. The van der Waals surface area contributed by atoms with E-state index in [-0.39, 0.29) is 24.0 Å². The SMILES string of the molecule is CN=C(NCc1ccnc(OCC2CC2)c1)NCc1ccccc1OC.I. The Balaban J connectivity index is 0.00000261. The molecule has 0 saturated heterocycles. The molecule has 1 fully saturated rings. The summed E-state index contributed by atoms with van der Waals surface area (Å²) in [5.41, 5.74) is 2.18. The van der Waals surface area contributed by atoms with Gasteiger partial charge in [-0.25, -0.2) is 4.98 Å². The zero-order valence-corrected chi connectivity index (χ0v) is 18.1. The zero-order valence-electron chi connectivity index (χ0n) is 15.8. The minimum atomic E-state index is 0. The average molecular weight is 482 g/mol. The molecular formula is C20H27IN4O2. The van der Waals surface area contributed by atoms with Gasteiger partial charge in [0.25, 0.3) is 0 Å². The summed E-state index contributed by atoms with van der Waals surface area (Å²) in [6.45, 7) is 2.05. The molecule has 1 saturated carbocycles. The van der Waals surface area contributed by atoms with E-state index in [1.54, 1.807) is 20.4 Å². The van der Waals surface area contributed by atoms with Crippen molar-refractivity contribution in [2.24, 2.45) is 10.9 Å². The van der Waals surface area contributed by atoms with Crippen molar-refractivity contribution in [2.75, 3.05) is 20.8 Å². The lowest BCUT2D eigenvalue weighted by molar-refractivity contribution is 0.288. The lowest BCUT2D eigenvalue weighted by Crippen LogP contribution is -2.36. The summed E-state index contributed by atoms with van der Waals surface area (Å²) in [4.78, 5) is 8.54. The Morgan fingerprint density at radius 2 is 1.96 bits per heavy atom. The molecule has 0 aliphatic heterocycles. The Morgan fingerprint density at radius 3 is 2.70 bits per heavy atom. The normalized spacial score (nSPS) is 13.5. The highest BCUT2D eigenvalue weighted by Gasteiger charge is 2.22. The summed E-state index contributed by atoms with van der Waals surface area (Å²) in [6.07, 6.45) is 4.33. The Morgan fingerprint density at radius 1 is 1.19 bits per heavy atom. The number of nitrogens with zero attached hydrogens (tertiary/aromatic N) is 2.